The van der Waals surface area contributed by atoms with E-state index in [1.54, 1.807) is 24.3 Å². The molecule has 6 N–H and O–H groups in total. The molecule has 2 aliphatic rings. The summed E-state index contributed by atoms with van der Waals surface area (Å²) in [4.78, 5) is 36.8. The number of amides is 2. The lowest BCUT2D eigenvalue weighted by Gasteiger charge is -2.50. The van der Waals surface area contributed by atoms with Crippen LogP contribution in [-0.2, 0) is 29.1 Å². The lowest BCUT2D eigenvalue weighted by Crippen LogP contribution is -2.76. The van der Waals surface area contributed by atoms with Crippen LogP contribution in [0.2, 0.25) is 0 Å². The Morgan fingerprint density at radius 1 is 1.29 bits per heavy atom. The first-order valence-corrected chi connectivity index (χ1v) is 14.6. The van der Waals surface area contributed by atoms with E-state index in [0.29, 0.717) is 16.6 Å². The van der Waals surface area contributed by atoms with Gasteiger partial charge < -0.3 is 30.8 Å². The summed E-state index contributed by atoms with van der Waals surface area (Å²) in [5.74, 6) is -0.727. The van der Waals surface area contributed by atoms with Crippen LogP contribution in [0.4, 0.5) is 5.13 Å². The van der Waals surface area contributed by atoms with E-state index in [2.05, 4.69) is 25.1 Å². The molecule has 19 heteroatoms. The monoisotopic (exact) mass is 646 g/mol. The number of nitrogen functional groups attached to an aromatic ring is 1. The largest absolute Gasteiger partial charge is 0.490 e. The van der Waals surface area contributed by atoms with Gasteiger partial charge in [0.15, 0.2) is 17.5 Å². The lowest BCUT2D eigenvalue weighted by molar-refractivity contribution is -0.218. The fourth-order valence-electron chi connectivity index (χ4n) is 4.11. The maximum atomic E-state index is 13.0. The van der Waals surface area contributed by atoms with Crippen LogP contribution in [0.3, 0.4) is 0 Å². The van der Waals surface area contributed by atoms with E-state index in [9.17, 15) is 18.0 Å². The van der Waals surface area contributed by atoms with Crippen molar-refractivity contribution >= 4 is 62.6 Å². The molecule has 3 heterocycles. The summed E-state index contributed by atoms with van der Waals surface area (Å²) in [7, 11) is -4.94. The average molecular weight is 647 g/mol. The second-order valence-corrected chi connectivity index (χ2v) is 11.4. The fourth-order valence-corrected chi connectivity index (χ4v) is 5.11. The van der Waals surface area contributed by atoms with Gasteiger partial charge in [-0.1, -0.05) is 5.16 Å². The van der Waals surface area contributed by atoms with Crippen LogP contribution in [0.25, 0.3) is 0 Å². The predicted octanol–water partition coefficient (Wildman–Crippen LogP) is 0.0174. The number of nitrogens with zero attached hydrogens (tertiary/aromatic N) is 4. The molecule has 42 heavy (non-hydrogen) atoms. The number of anilines is 1. The molecule has 0 spiro atoms. The van der Waals surface area contributed by atoms with Gasteiger partial charge in [0.2, 0.25) is 0 Å². The first kappa shape index (κ1) is 33.0. The maximum absolute atomic E-state index is 13.0. The average Bonchev–Trinajstić information content (AvgIpc) is 3.37. The van der Waals surface area contributed by atoms with Gasteiger partial charge in [0.1, 0.15) is 29.9 Å². The van der Waals surface area contributed by atoms with Crippen LogP contribution in [-0.4, -0.2) is 102 Å². The van der Waals surface area contributed by atoms with Gasteiger partial charge in [0, 0.05) is 37.1 Å². The minimum atomic E-state index is -4.94. The Balaban J connectivity index is 0.00000484. The second kappa shape index (κ2) is 13.6. The van der Waals surface area contributed by atoms with Crippen molar-refractivity contribution in [3.63, 3.8) is 0 Å². The van der Waals surface area contributed by atoms with Crippen molar-refractivity contribution in [2.75, 3.05) is 45.1 Å². The lowest BCUT2D eigenvalue weighted by atomic mass is 9.84. The summed E-state index contributed by atoms with van der Waals surface area (Å²) in [5, 5.41) is 20.1. The molecule has 2 amide bonds. The molecule has 0 radical (unpaired) electrons. The number of aromatic nitrogens is 1. The Morgan fingerprint density at radius 2 is 1.95 bits per heavy atom. The number of hydrogen-bond acceptors (Lipinski definition) is 13. The van der Waals surface area contributed by atoms with E-state index < -0.39 is 33.8 Å². The summed E-state index contributed by atoms with van der Waals surface area (Å²) < 4.78 is 40.9. The van der Waals surface area contributed by atoms with Gasteiger partial charge in [0.25, 0.3) is 11.8 Å². The highest BCUT2D eigenvalue weighted by Gasteiger charge is 2.58. The van der Waals surface area contributed by atoms with Crippen LogP contribution in [0.15, 0.2) is 34.8 Å². The Labute approximate surface area is 252 Å². The molecule has 2 aromatic rings. The highest BCUT2D eigenvalue weighted by molar-refractivity contribution is 7.80. The van der Waals surface area contributed by atoms with E-state index in [0.717, 1.165) is 43.1 Å². The quantitative estimate of drug-likeness (QED) is 0.0544. The summed E-state index contributed by atoms with van der Waals surface area (Å²) in [5.41, 5.74) is 4.98. The Bertz CT molecular complexity index is 1430. The first-order valence-electron chi connectivity index (χ1n) is 12.4. The number of thiazole rings is 1. The summed E-state index contributed by atoms with van der Waals surface area (Å²) in [6, 6.07) is 5.91. The molecule has 0 bridgehead atoms. The number of oxime groups is 1. The van der Waals surface area contributed by atoms with Gasteiger partial charge >= 0.3 is 10.4 Å². The molecule has 4 rings (SSSR count). The number of amidine groups is 1. The molecule has 0 saturated carbocycles. The molecular weight excluding hydrogens is 616 g/mol. The van der Waals surface area contributed by atoms with Gasteiger partial charge in [-0.2, -0.15) is 13.5 Å². The minimum Gasteiger partial charge on any atom is -0.490 e. The fraction of sp³-hybridized carbons (Fsp3) is 0.435. The van der Waals surface area contributed by atoms with Crippen molar-refractivity contribution in [3.05, 3.63) is 40.9 Å². The SMILES string of the molecule is CC1(C)[C@H](NC(=O)/C(=N\OCCOc2ccc(C(=N)N3CCNCC3)cc2)c2csc(N)n2)C(=O)N1OS(=O)(=O)O.Cl. The van der Waals surface area contributed by atoms with E-state index in [-0.39, 0.29) is 42.2 Å². The van der Waals surface area contributed by atoms with E-state index in [4.69, 9.17) is 25.3 Å². The Hall–Kier alpha value is -3.55. The molecular formula is C23H31ClN8O8S2. The molecule has 2 aliphatic heterocycles. The number of ether oxygens (including phenoxy) is 1. The van der Waals surface area contributed by atoms with Gasteiger partial charge in [-0.3, -0.25) is 19.6 Å². The number of carbonyl (C=O) groups is 2. The molecule has 16 nitrogen and oxygen atoms in total. The van der Waals surface area contributed by atoms with E-state index >= 15 is 0 Å². The van der Waals surface area contributed by atoms with Crippen molar-refractivity contribution in [1.29, 1.82) is 5.41 Å². The highest BCUT2D eigenvalue weighted by atomic mass is 35.5. The van der Waals surface area contributed by atoms with Gasteiger partial charge in [-0.15, -0.1) is 28.0 Å². The summed E-state index contributed by atoms with van der Waals surface area (Å²) in [6.07, 6.45) is 0. The molecule has 0 aliphatic carbocycles. The highest BCUT2D eigenvalue weighted by Crippen LogP contribution is 2.33. The van der Waals surface area contributed by atoms with Crippen molar-refractivity contribution in [2.24, 2.45) is 5.16 Å². The zero-order chi connectivity index (χ0) is 29.8. The number of halogens is 1. The number of piperazine rings is 1. The zero-order valence-corrected chi connectivity index (χ0v) is 25.1. The molecule has 1 aromatic carbocycles. The number of β-lactam (4-membered cyclic amide) rings is 1. The second-order valence-electron chi connectivity index (χ2n) is 9.50. The van der Waals surface area contributed by atoms with E-state index in [1.807, 2.05) is 4.90 Å². The molecule has 1 aromatic heterocycles. The van der Waals surface area contributed by atoms with Crippen LogP contribution in [0.5, 0.6) is 5.75 Å². The zero-order valence-electron chi connectivity index (χ0n) is 22.6. The number of benzene rings is 1. The number of nitrogens with two attached hydrogens (primary N) is 1. The van der Waals surface area contributed by atoms with Crippen LogP contribution < -0.4 is 21.1 Å². The molecule has 1 atom stereocenters. The Kier molecular flexibility index (Phi) is 10.7. The minimum absolute atomic E-state index is 0. The number of nitrogens with one attached hydrogen (secondary N) is 3. The molecule has 0 unspecified atom stereocenters. The smallest absolute Gasteiger partial charge is 0.418 e. The topological polar surface area (TPSA) is 222 Å². The normalized spacial score (nSPS) is 18.5. The van der Waals surface area contributed by atoms with Crippen molar-refractivity contribution in [2.45, 2.75) is 25.4 Å². The first-order chi connectivity index (χ1) is 19.4. The molecule has 2 saturated heterocycles. The van der Waals surface area contributed by atoms with Crippen LogP contribution in [0, 0.1) is 5.41 Å². The number of hydroxylamine groups is 2. The third kappa shape index (κ3) is 7.84. The summed E-state index contributed by atoms with van der Waals surface area (Å²) in [6.45, 7) is 6.13. The summed E-state index contributed by atoms with van der Waals surface area (Å²) >= 11 is 1.06. The van der Waals surface area contributed by atoms with Gasteiger partial charge in [-0.25, -0.2) is 4.98 Å². The predicted molar refractivity (Wildman–Crippen MR) is 155 cm³/mol. The number of hydrogen-bond donors (Lipinski definition) is 5. The third-order valence-corrected chi connectivity index (χ3v) is 7.27. The van der Waals surface area contributed by atoms with Gasteiger partial charge in [0.05, 0.1) is 5.54 Å². The van der Waals surface area contributed by atoms with Crippen LogP contribution in [0.1, 0.15) is 25.1 Å². The molecule has 2 fully saturated rings. The molecule has 230 valence electrons. The van der Waals surface area contributed by atoms with Gasteiger partial charge in [-0.05, 0) is 38.1 Å². The van der Waals surface area contributed by atoms with Crippen molar-refractivity contribution < 1.29 is 36.4 Å². The standard InChI is InChI=1S/C23H30N8O8S2.ClH/c1-23(2)18(21(33)31(23)39-41(34,35)36)28-20(32)17(16-13-40-22(25)27-16)29-38-12-11-37-15-5-3-14(4-6-15)19(24)30-9-7-26-8-10-30;/h3-6,13,18,24,26H,7-12H2,1-2H3,(H2,25,27)(H,28,32)(H,34,35,36);1H/b24-19?,29-17-;/t18-;/m1./s1. The van der Waals surface area contributed by atoms with Crippen LogP contribution >= 0.6 is 23.7 Å². The third-order valence-electron chi connectivity index (χ3n) is 6.26. The Morgan fingerprint density at radius 3 is 2.52 bits per heavy atom. The van der Waals surface area contributed by atoms with Crippen molar-refractivity contribution in [1.82, 2.24) is 25.6 Å². The number of carbonyl (C=O) groups excluding carboxylic acids is 2. The maximum Gasteiger partial charge on any atom is 0.418 e. The van der Waals surface area contributed by atoms with Crippen molar-refractivity contribution in [3.8, 4) is 5.75 Å². The number of rotatable bonds is 11. The van der Waals surface area contributed by atoms with E-state index in [1.165, 1.54) is 19.2 Å².